The van der Waals surface area contributed by atoms with Crippen molar-refractivity contribution in [3.05, 3.63) is 84.0 Å². The van der Waals surface area contributed by atoms with Crippen molar-refractivity contribution >= 4 is 46.3 Å². The average Bonchev–Trinajstić information content (AvgIpc) is 3.24. The van der Waals surface area contributed by atoms with Crippen LogP contribution in [0.15, 0.2) is 67.5 Å². The standard InChI is InChI=1S/C25H20ClF4N7O2/c1-2-21(39)32-16-7-8-18(27)19(11-16)33-23-17(14-3-5-15(6-4-14)25(28,29)30)12-31-24(35-23)34-20-13-37(9-10-38)36-22(20)26/h2-8,11-13,38H,1,9-10H2,(H,32,39)(H2,31,33,34,35). The van der Waals surface area contributed by atoms with Gasteiger partial charge < -0.3 is 21.1 Å². The normalized spacial score (nSPS) is 11.2. The molecule has 0 aliphatic rings. The van der Waals surface area contributed by atoms with Gasteiger partial charge >= 0.3 is 6.18 Å². The van der Waals surface area contributed by atoms with Gasteiger partial charge in [0.2, 0.25) is 11.9 Å². The van der Waals surface area contributed by atoms with Crippen molar-refractivity contribution in [1.82, 2.24) is 19.7 Å². The van der Waals surface area contributed by atoms with Gasteiger partial charge in [-0.05, 0) is 42.0 Å². The van der Waals surface area contributed by atoms with Gasteiger partial charge in [-0.1, -0.05) is 30.3 Å². The summed E-state index contributed by atoms with van der Waals surface area (Å²) in [5.41, 5.74) is 0.238. The third kappa shape index (κ3) is 6.69. The predicted octanol–water partition coefficient (Wildman–Crippen LogP) is 5.76. The van der Waals surface area contributed by atoms with Gasteiger partial charge in [-0.3, -0.25) is 9.48 Å². The lowest BCUT2D eigenvalue weighted by Crippen LogP contribution is -2.08. The number of alkyl halides is 3. The lowest BCUT2D eigenvalue weighted by Gasteiger charge is -2.15. The maximum Gasteiger partial charge on any atom is 0.416 e. The molecule has 4 N–H and O–H groups in total. The number of amides is 1. The number of carbonyl (C=O) groups excluding carboxylic acids is 1. The summed E-state index contributed by atoms with van der Waals surface area (Å²) in [5.74, 6) is -1.15. The molecular formula is C25H20ClF4N7O2. The van der Waals surface area contributed by atoms with E-state index in [-0.39, 0.29) is 47.0 Å². The van der Waals surface area contributed by atoms with Crippen LogP contribution in [0, 0.1) is 5.82 Å². The van der Waals surface area contributed by atoms with Gasteiger partial charge in [0.25, 0.3) is 0 Å². The minimum atomic E-state index is -4.52. The van der Waals surface area contributed by atoms with E-state index in [9.17, 15) is 22.4 Å². The molecule has 2 aromatic heterocycles. The molecule has 0 fully saturated rings. The Morgan fingerprint density at radius 3 is 2.54 bits per heavy atom. The quantitative estimate of drug-likeness (QED) is 0.152. The molecule has 39 heavy (non-hydrogen) atoms. The van der Waals surface area contributed by atoms with Gasteiger partial charge in [-0.2, -0.15) is 23.3 Å². The SMILES string of the molecule is C=CC(=O)Nc1ccc(F)c(Nc2nc(Nc3cn(CCO)nc3Cl)ncc2-c2ccc(C(F)(F)F)cc2)c1. The van der Waals surface area contributed by atoms with E-state index < -0.39 is 23.5 Å². The molecule has 0 unspecified atom stereocenters. The largest absolute Gasteiger partial charge is 0.416 e. The summed E-state index contributed by atoms with van der Waals surface area (Å²) in [6.45, 7) is 3.40. The van der Waals surface area contributed by atoms with Crippen molar-refractivity contribution in [3.63, 3.8) is 0 Å². The van der Waals surface area contributed by atoms with E-state index in [1.165, 1.54) is 41.3 Å². The van der Waals surface area contributed by atoms with Gasteiger partial charge in [0, 0.05) is 17.4 Å². The highest BCUT2D eigenvalue weighted by Gasteiger charge is 2.30. The lowest BCUT2D eigenvalue weighted by atomic mass is 10.1. The van der Waals surface area contributed by atoms with E-state index in [2.05, 4.69) is 37.6 Å². The molecule has 2 aromatic carbocycles. The van der Waals surface area contributed by atoms with Crippen LogP contribution in [-0.4, -0.2) is 37.4 Å². The summed E-state index contributed by atoms with van der Waals surface area (Å²) in [4.78, 5) is 20.3. The number of anilines is 5. The Kier molecular flexibility index (Phi) is 8.12. The summed E-state index contributed by atoms with van der Waals surface area (Å²) in [7, 11) is 0. The number of rotatable bonds is 9. The zero-order valence-corrected chi connectivity index (χ0v) is 20.7. The number of halogens is 5. The molecule has 0 bridgehead atoms. The predicted molar refractivity (Wildman–Crippen MR) is 139 cm³/mol. The first-order valence-corrected chi connectivity index (χ1v) is 11.6. The first kappa shape index (κ1) is 27.5. The Morgan fingerprint density at radius 2 is 1.87 bits per heavy atom. The van der Waals surface area contributed by atoms with E-state index in [0.717, 1.165) is 24.3 Å². The first-order valence-electron chi connectivity index (χ1n) is 11.2. The van der Waals surface area contributed by atoms with Crippen LogP contribution in [0.25, 0.3) is 11.1 Å². The Labute approximate surface area is 224 Å². The molecule has 0 spiro atoms. The molecule has 1 amide bonds. The van der Waals surface area contributed by atoms with Gasteiger partial charge in [-0.25, -0.2) is 9.37 Å². The monoisotopic (exact) mass is 561 g/mol. The second kappa shape index (κ2) is 11.5. The molecule has 0 atom stereocenters. The van der Waals surface area contributed by atoms with Crippen LogP contribution >= 0.6 is 11.6 Å². The number of nitrogens with one attached hydrogen (secondary N) is 3. The van der Waals surface area contributed by atoms with Crippen molar-refractivity contribution < 1.29 is 27.5 Å². The van der Waals surface area contributed by atoms with Crippen LogP contribution in [0.5, 0.6) is 0 Å². The number of nitrogens with zero attached hydrogens (tertiary/aromatic N) is 4. The molecule has 0 radical (unpaired) electrons. The average molecular weight is 562 g/mol. The Hall–Kier alpha value is -4.49. The highest BCUT2D eigenvalue weighted by molar-refractivity contribution is 6.32. The summed E-state index contributed by atoms with van der Waals surface area (Å²) in [5, 5.41) is 21.4. The molecule has 0 aliphatic carbocycles. The highest BCUT2D eigenvalue weighted by Crippen LogP contribution is 2.35. The zero-order valence-electron chi connectivity index (χ0n) is 19.9. The first-order chi connectivity index (χ1) is 18.6. The molecule has 9 nitrogen and oxygen atoms in total. The number of hydrogen-bond donors (Lipinski definition) is 4. The second-order valence-electron chi connectivity index (χ2n) is 7.99. The number of aliphatic hydroxyl groups is 1. The number of carbonyl (C=O) groups is 1. The van der Waals surface area contributed by atoms with E-state index in [4.69, 9.17) is 16.7 Å². The molecule has 2 heterocycles. The molecule has 0 saturated heterocycles. The topological polar surface area (TPSA) is 117 Å². The summed E-state index contributed by atoms with van der Waals surface area (Å²) < 4.78 is 55.4. The Bertz CT molecular complexity index is 1510. The maximum atomic E-state index is 14.7. The van der Waals surface area contributed by atoms with Crippen molar-refractivity contribution in [2.45, 2.75) is 12.7 Å². The van der Waals surface area contributed by atoms with Gasteiger partial charge in [0.1, 0.15) is 11.6 Å². The van der Waals surface area contributed by atoms with Crippen molar-refractivity contribution in [1.29, 1.82) is 0 Å². The Morgan fingerprint density at radius 1 is 1.13 bits per heavy atom. The number of hydrogen-bond acceptors (Lipinski definition) is 7. The smallest absolute Gasteiger partial charge is 0.394 e. The number of aromatic nitrogens is 4. The number of benzene rings is 2. The fourth-order valence-electron chi connectivity index (χ4n) is 3.43. The van der Waals surface area contributed by atoms with Gasteiger partial charge in [-0.15, -0.1) is 0 Å². The summed E-state index contributed by atoms with van der Waals surface area (Å²) in [6.07, 6.45) is -0.615. The van der Waals surface area contributed by atoms with E-state index in [1.54, 1.807) is 0 Å². The third-order valence-electron chi connectivity index (χ3n) is 5.28. The van der Waals surface area contributed by atoms with Gasteiger partial charge in [0.15, 0.2) is 5.15 Å². The van der Waals surface area contributed by atoms with Crippen LogP contribution < -0.4 is 16.0 Å². The van der Waals surface area contributed by atoms with E-state index >= 15 is 0 Å². The Balaban J connectivity index is 1.74. The molecule has 14 heteroatoms. The molecule has 4 rings (SSSR count). The molecule has 4 aromatic rings. The molecular weight excluding hydrogens is 542 g/mol. The molecule has 0 saturated carbocycles. The van der Waals surface area contributed by atoms with Crippen LogP contribution in [0.4, 0.5) is 46.4 Å². The lowest BCUT2D eigenvalue weighted by molar-refractivity contribution is -0.137. The van der Waals surface area contributed by atoms with Crippen molar-refractivity contribution in [2.24, 2.45) is 0 Å². The fourth-order valence-corrected chi connectivity index (χ4v) is 3.62. The van der Waals surface area contributed by atoms with Crippen LogP contribution in [0.3, 0.4) is 0 Å². The van der Waals surface area contributed by atoms with Crippen LogP contribution in [0.2, 0.25) is 5.15 Å². The number of aliphatic hydroxyl groups excluding tert-OH is 1. The highest BCUT2D eigenvalue weighted by atomic mass is 35.5. The van der Waals surface area contributed by atoms with Crippen molar-refractivity contribution in [2.75, 3.05) is 22.6 Å². The van der Waals surface area contributed by atoms with Crippen LogP contribution in [0.1, 0.15) is 5.56 Å². The minimum absolute atomic E-state index is 0.00938. The minimum Gasteiger partial charge on any atom is -0.394 e. The molecule has 202 valence electrons. The van der Waals surface area contributed by atoms with Crippen LogP contribution in [-0.2, 0) is 17.5 Å². The molecule has 0 aliphatic heterocycles. The third-order valence-corrected chi connectivity index (χ3v) is 5.56. The zero-order chi connectivity index (χ0) is 28.2. The van der Waals surface area contributed by atoms with Gasteiger partial charge in [0.05, 0.1) is 36.3 Å². The van der Waals surface area contributed by atoms with E-state index in [0.29, 0.717) is 11.3 Å². The summed E-state index contributed by atoms with van der Waals surface area (Å²) >= 11 is 6.14. The van der Waals surface area contributed by atoms with Crippen molar-refractivity contribution in [3.8, 4) is 11.1 Å². The fraction of sp³-hybridized carbons (Fsp3) is 0.120. The maximum absolute atomic E-state index is 14.7. The summed E-state index contributed by atoms with van der Waals surface area (Å²) in [6, 6.07) is 8.09. The second-order valence-corrected chi connectivity index (χ2v) is 8.35. The van der Waals surface area contributed by atoms with E-state index in [1.807, 2.05) is 0 Å².